The molecular weight excluding hydrogens is 306 g/mol. The number of aromatic nitrogens is 2. The quantitative estimate of drug-likeness (QED) is 0.850. The van der Waals surface area contributed by atoms with E-state index in [1.165, 1.54) is 42.3 Å². The number of anilines is 1. The van der Waals surface area contributed by atoms with Gasteiger partial charge in [-0.1, -0.05) is 23.1 Å². The summed E-state index contributed by atoms with van der Waals surface area (Å²) in [6.07, 6.45) is 1.85. The van der Waals surface area contributed by atoms with Crippen LogP contribution in [0.1, 0.15) is 0 Å². The number of hydrogen-bond acceptors (Lipinski definition) is 7. The molecule has 0 saturated carbocycles. The van der Waals surface area contributed by atoms with Crippen molar-refractivity contribution in [3.05, 3.63) is 24.3 Å². The molecule has 0 spiro atoms. The molecule has 0 amide bonds. The average Bonchev–Trinajstić information content (AvgIpc) is 2.85. The summed E-state index contributed by atoms with van der Waals surface area (Å²) in [5, 5.41) is 7.84. The van der Waals surface area contributed by atoms with Crippen LogP contribution in [0.3, 0.4) is 0 Å². The van der Waals surface area contributed by atoms with Crippen LogP contribution in [-0.4, -0.2) is 32.0 Å². The van der Waals surface area contributed by atoms with E-state index in [4.69, 9.17) is 4.74 Å². The summed E-state index contributed by atoms with van der Waals surface area (Å²) in [7, 11) is -2.12. The molecule has 0 aliphatic carbocycles. The lowest BCUT2D eigenvalue weighted by Gasteiger charge is -2.05. The molecule has 0 saturated heterocycles. The normalized spacial score (nSPS) is 11.3. The predicted octanol–water partition coefficient (Wildman–Crippen LogP) is 2.07. The second-order valence-electron chi connectivity index (χ2n) is 3.36. The number of thioether (sulfide) groups is 1. The minimum Gasteiger partial charge on any atom is -0.497 e. The smallest absolute Gasteiger partial charge is 0.263 e. The van der Waals surface area contributed by atoms with Crippen LogP contribution in [0.25, 0.3) is 0 Å². The SMILES string of the molecule is COc1ccc(S(=O)(=O)Nc2nnc(SC)s2)cc1. The summed E-state index contributed by atoms with van der Waals surface area (Å²) in [5.74, 6) is 0.597. The molecule has 9 heteroatoms. The lowest BCUT2D eigenvalue weighted by Crippen LogP contribution is -2.12. The van der Waals surface area contributed by atoms with Gasteiger partial charge in [0.15, 0.2) is 4.34 Å². The summed E-state index contributed by atoms with van der Waals surface area (Å²) in [6, 6.07) is 6.11. The van der Waals surface area contributed by atoms with Crippen LogP contribution in [0.15, 0.2) is 33.5 Å². The average molecular weight is 317 g/mol. The van der Waals surface area contributed by atoms with E-state index < -0.39 is 10.0 Å². The molecule has 2 aromatic rings. The number of ether oxygens (including phenoxy) is 1. The fraction of sp³-hybridized carbons (Fsp3) is 0.200. The van der Waals surface area contributed by atoms with Gasteiger partial charge in [-0.05, 0) is 30.5 Å². The van der Waals surface area contributed by atoms with E-state index in [9.17, 15) is 8.42 Å². The zero-order valence-corrected chi connectivity index (χ0v) is 12.6. The largest absolute Gasteiger partial charge is 0.497 e. The first-order valence-electron chi connectivity index (χ1n) is 5.09. The number of rotatable bonds is 5. The lowest BCUT2D eigenvalue weighted by atomic mass is 10.3. The molecule has 0 bridgehead atoms. The van der Waals surface area contributed by atoms with Gasteiger partial charge in [0, 0.05) is 0 Å². The third-order valence-electron chi connectivity index (χ3n) is 2.17. The third-order valence-corrected chi connectivity index (χ3v) is 5.47. The Hall–Kier alpha value is -1.32. The van der Waals surface area contributed by atoms with Crippen LogP contribution in [0, 0.1) is 0 Å². The second-order valence-corrected chi connectivity index (χ2v) is 7.07. The van der Waals surface area contributed by atoms with Gasteiger partial charge in [-0.2, -0.15) is 0 Å². The minimum atomic E-state index is -3.64. The highest BCUT2D eigenvalue weighted by Gasteiger charge is 2.16. The van der Waals surface area contributed by atoms with Gasteiger partial charge in [0.25, 0.3) is 10.0 Å². The van der Waals surface area contributed by atoms with Crippen molar-refractivity contribution in [3.63, 3.8) is 0 Å². The zero-order chi connectivity index (χ0) is 13.9. The van der Waals surface area contributed by atoms with Gasteiger partial charge >= 0.3 is 0 Å². The fourth-order valence-electron chi connectivity index (χ4n) is 1.26. The van der Waals surface area contributed by atoms with Crippen LogP contribution in [0.2, 0.25) is 0 Å². The van der Waals surface area contributed by atoms with Gasteiger partial charge in [-0.25, -0.2) is 8.42 Å². The monoisotopic (exact) mass is 317 g/mol. The Labute approximate surface area is 119 Å². The van der Waals surface area contributed by atoms with Crippen molar-refractivity contribution in [1.82, 2.24) is 10.2 Å². The molecule has 0 aliphatic rings. The second kappa shape index (κ2) is 5.76. The van der Waals surface area contributed by atoms with Crippen LogP contribution in [0.5, 0.6) is 5.75 Å². The summed E-state index contributed by atoms with van der Waals surface area (Å²) in [5.41, 5.74) is 0. The Balaban J connectivity index is 2.21. The van der Waals surface area contributed by atoms with Crippen LogP contribution in [-0.2, 0) is 10.0 Å². The highest BCUT2D eigenvalue weighted by atomic mass is 32.2. The number of sulfonamides is 1. The number of methoxy groups -OCH3 is 1. The first-order valence-corrected chi connectivity index (χ1v) is 8.62. The molecule has 0 aliphatic heterocycles. The summed E-state index contributed by atoms with van der Waals surface area (Å²) in [6.45, 7) is 0. The van der Waals surface area contributed by atoms with E-state index in [0.29, 0.717) is 10.1 Å². The molecule has 2 rings (SSSR count). The summed E-state index contributed by atoms with van der Waals surface area (Å²) >= 11 is 2.60. The Bertz CT molecular complexity index is 652. The first kappa shape index (κ1) is 14.1. The summed E-state index contributed by atoms with van der Waals surface area (Å²) in [4.78, 5) is 0.147. The number of hydrogen-bond donors (Lipinski definition) is 1. The molecule has 1 N–H and O–H groups in total. The van der Waals surface area contributed by atoms with Gasteiger partial charge in [-0.3, -0.25) is 4.72 Å². The molecule has 0 fully saturated rings. The molecule has 1 aromatic heterocycles. The van der Waals surface area contributed by atoms with Crippen molar-refractivity contribution >= 4 is 38.3 Å². The van der Waals surface area contributed by atoms with E-state index in [2.05, 4.69) is 14.9 Å². The van der Waals surface area contributed by atoms with E-state index >= 15 is 0 Å². The van der Waals surface area contributed by atoms with Crippen LogP contribution < -0.4 is 9.46 Å². The molecule has 102 valence electrons. The highest BCUT2D eigenvalue weighted by molar-refractivity contribution is 8.00. The molecule has 0 atom stereocenters. The van der Waals surface area contributed by atoms with Gasteiger partial charge in [0.1, 0.15) is 5.75 Å². The third kappa shape index (κ3) is 3.37. The first-order chi connectivity index (χ1) is 9.05. The lowest BCUT2D eigenvalue weighted by molar-refractivity contribution is 0.414. The van der Waals surface area contributed by atoms with E-state index in [1.807, 2.05) is 6.26 Å². The Morgan fingerprint density at radius 3 is 2.47 bits per heavy atom. The van der Waals surface area contributed by atoms with Crippen molar-refractivity contribution in [3.8, 4) is 5.75 Å². The molecule has 0 radical (unpaired) electrons. The highest BCUT2D eigenvalue weighted by Crippen LogP contribution is 2.25. The Morgan fingerprint density at radius 1 is 1.26 bits per heavy atom. The van der Waals surface area contributed by atoms with Crippen molar-refractivity contribution in [2.75, 3.05) is 18.1 Å². The Kier molecular flexibility index (Phi) is 4.27. The topological polar surface area (TPSA) is 81.2 Å². The standard InChI is InChI=1S/C10H11N3O3S3/c1-16-7-3-5-8(6-4-7)19(14,15)13-9-11-12-10(17-2)18-9/h3-6H,1-2H3,(H,11,13). The zero-order valence-electron chi connectivity index (χ0n) is 10.2. The Morgan fingerprint density at radius 2 is 1.95 bits per heavy atom. The van der Waals surface area contributed by atoms with Crippen molar-refractivity contribution in [2.24, 2.45) is 0 Å². The van der Waals surface area contributed by atoms with Crippen LogP contribution in [0.4, 0.5) is 5.13 Å². The maximum atomic E-state index is 12.1. The summed E-state index contributed by atoms with van der Waals surface area (Å²) < 4.78 is 32.2. The van der Waals surface area contributed by atoms with Gasteiger partial charge < -0.3 is 4.74 Å². The number of benzene rings is 1. The van der Waals surface area contributed by atoms with Crippen molar-refractivity contribution in [2.45, 2.75) is 9.24 Å². The maximum absolute atomic E-state index is 12.1. The van der Waals surface area contributed by atoms with Crippen molar-refractivity contribution < 1.29 is 13.2 Å². The van der Waals surface area contributed by atoms with E-state index in [0.717, 1.165) is 0 Å². The van der Waals surface area contributed by atoms with Crippen LogP contribution >= 0.6 is 23.1 Å². The molecule has 19 heavy (non-hydrogen) atoms. The van der Waals surface area contributed by atoms with E-state index in [1.54, 1.807) is 12.1 Å². The molecule has 6 nitrogen and oxygen atoms in total. The number of nitrogens with zero attached hydrogens (tertiary/aromatic N) is 2. The van der Waals surface area contributed by atoms with Crippen molar-refractivity contribution in [1.29, 1.82) is 0 Å². The molecule has 0 unspecified atom stereocenters. The van der Waals surface area contributed by atoms with Gasteiger partial charge in [0.2, 0.25) is 5.13 Å². The van der Waals surface area contributed by atoms with Gasteiger partial charge in [-0.15, -0.1) is 10.2 Å². The van der Waals surface area contributed by atoms with E-state index in [-0.39, 0.29) is 10.0 Å². The molecular formula is C10H11N3O3S3. The molecule has 1 heterocycles. The fourth-order valence-corrected chi connectivity index (χ4v) is 3.66. The predicted molar refractivity (Wildman–Crippen MR) is 75.5 cm³/mol. The molecule has 1 aromatic carbocycles. The van der Waals surface area contributed by atoms with Gasteiger partial charge in [0.05, 0.1) is 12.0 Å². The maximum Gasteiger partial charge on any atom is 0.263 e. The minimum absolute atomic E-state index is 0.147. The number of nitrogens with one attached hydrogen (secondary N) is 1.